The number of hydrogen-bond donors (Lipinski definition) is 3. The molecule has 7 nitrogen and oxygen atoms in total. The maximum atomic E-state index is 12.2. The Balaban J connectivity index is 1.50. The van der Waals surface area contributed by atoms with E-state index in [1.165, 1.54) is 0 Å². The Morgan fingerprint density at radius 2 is 1.89 bits per heavy atom. The number of aromatic nitrogens is 2. The first-order chi connectivity index (χ1) is 13.1. The topological polar surface area (TPSA) is 80.2 Å². The Morgan fingerprint density at radius 3 is 2.59 bits per heavy atom. The molecule has 0 aliphatic carbocycles. The summed E-state index contributed by atoms with van der Waals surface area (Å²) in [6.45, 7) is 2.55. The molecule has 0 radical (unpaired) electrons. The number of hydrazine groups is 1. The number of thiocarbonyl (C=S) groups is 1. The highest BCUT2D eigenvalue weighted by atomic mass is 32.1. The molecule has 0 saturated heterocycles. The molecular formula is C19H21N5O2S. The van der Waals surface area contributed by atoms with Gasteiger partial charge in [0, 0.05) is 12.7 Å². The number of carbonyl (C=O) groups is 1. The van der Waals surface area contributed by atoms with Crippen molar-refractivity contribution in [1.82, 2.24) is 20.4 Å². The van der Waals surface area contributed by atoms with Crippen molar-refractivity contribution in [2.24, 2.45) is 7.05 Å². The van der Waals surface area contributed by atoms with E-state index in [0.717, 1.165) is 22.5 Å². The van der Waals surface area contributed by atoms with Gasteiger partial charge in [-0.25, -0.2) is 4.98 Å². The number of benzene rings is 2. The van der Waals surface area contributed by atoms with Crippen molar-refractivity contribution < 1.29 is 9.53 Å². The molecule has 3 rings (SSSR count). The van der Waals surface area contributed by atoms with Gasteiger partial charge in [-0.05, 0) is 55.5 Å². The summed E-state index contributed by atoms with van der Waals surface area (Å²) in [5.74, 6) is 1.24. The van der Waals surface area contributed by atoms with Crippen LogP contribution in [0.4, 0.5) is 5.69 Å². The van der Waals surface area contributed by atoms with Crippen LogP contribution in [0.2, 0.25) is 0 Å². The Morgan fingerprint density at radius 1 is 1.15 bits per heavy atom. The number of carbonyl (C=O) groups excluding carboxylic acids is 1. The third-order valence-corrected chi connectivity index (χ3v) is 4.14. The van der Waals surface area contributed by atoms with Gasteiger partial charge in [0.2, 0.25) is 5.91 Å². The number of amides is 1. The molecule has 0 spiro atoms. The summed E-state index contributed by atoms with van der Waals surface area (Å²) in [6.07, 6.45) is 0.143. The lowest BCUT2D eigenvalue weighted by atomic mass is 10.3. The number of aryl methyl sites for hydroxylation is 1. The van der Waals surface area contributed by atoms with E-state index in [1.807, 2.05) is 67.1 Å². The molecule has 0 unspecified atom stereocenters. The normalized spacial score (nSPS) is 10.4. The van der Waals surface area contributed by atoms with Crippen molar-refractivity contribution in [2.45, 2.75) is 13.3 Å². The van der Waals surface area contributed by atoms with E-state index in [1.54, 1.807) is 0 Å². The first kappa shape index (κ1) is 18.7. The highest BCUT2D eigenvalue weighted by Gasteiger charge is 2.11. The van der Waals surface area contributed by atoms with Gasteiger partial charge in [0.15, 0.2) is 5.11 Å². The Labute approximate surface area is 162 Å². The SMILES string of the molecule is CCOc1ccc(NC(=S)NNC(=O)Cc2nc3ccccc3n2C)cc1. The van der Waals surface area contributed by atoms with E-state index in [9.17, 15) is 4.79 Å². The number of anilines is 1. The summed E-state index contributed by atoms with van der Waals surface area (Å²) in [4.78, 5) is 16.7. The first-order valence-corrected chi connectivity index (χ1v) is 8.96. The number of fused-ring (bicyclic) bond motifs is 1. The van der Waals surface area contributed by atoms with Gasteiger partial charge < -0.3 is 14.6 Å². The van der Waals surface area contributed by atoms with Crippen LogP contribution in [0.1, 0.15) is 12.7 Å². The maximum Gasteiger partial charge on any atom is 0.245 e. The van der Waals surface area contributed by atoms with Crippen LogP contribution in [0.15, 0.2) is 48.5 Å². The molecule has 2 aromatic carbocycles. The third-order valence-electron chi connectivity index (χ3n) is 3.94. The van der Waals surface area contributed by atoms with E-state index >= 15 is 0 Å². The fourth-order valence-electron chi connectivity index (χ4n) is 2.63. The first-order valence-electron chi connectivity index (χ1n) is 8.56. The Hall–Kier alpha value is -3.13. The van der Waals surface area contributed by atoms with Crippen molar-refractivity contribution >= 4 is 40.0 Å². The largest absolute Gasteiger partial charge is 0.494 e. The van der Waals surface area contributed by atoms with E-state index < -0.39 is 0 Å². The summed E-state index contributed by atoms with van der Waals surface area (Å²) in [5.41, 5.74) is 7.92. The van der Waals surface area contributed by atoms with Crippen LogP contribution in [-0.2, 0) is 18.3 Å². The fourth-order valence-corrected chi connectivity index (χ4v) is 2.80. The zero-order valence-corrected chi connectivity index (χ0v) is 16.0. The predicted octanol–water partition coefficient (Wildman–Crippen LogP) is 2.53. The van der Waals surface area contributed by atoms with Crippen LogP contribution in [0.3, 0.4) is 0 Å². The van der Waals surface area contributed by atoms with Crippen LogP contribution >= 0.6 is 12.2 Å². The molecule has 1 amide bonds. The Kier molecular flexibility index (Phi) is 5.87. The summed E-state index contributed by atoms with van der Waals surface area (Å²) in [5, 5.41) is 3.28. The van der Waals surface area contributed by atoms with Gasteiger partial charge in [-0.2, -0.15) is 0 Å². The van der Waals surface area contributed by atoms with Gasteiger partial charge in [0.05, 0.1) is 24.1 Å². The predicted molar refractivity (Wildman–Crippen MR) is 110 cm³/mol. The van der Waals surface area contributed by atoms with Crippen molar-refractivity contribution in [3.8, 4) is 5.75 Å². The highest BCUT2D eigenvalue weighted by molar-refractivity contribution is 7.80. The quantitative estimate of drug-likeness (QED) is 0.464. The van der Waals surface area contributed by atoms with Gasteiger partial charge in [-0.15, -0.1) is 0 Å². The number of ether oxygens (including phenoxy) is 1. The van der Waals surface area contributed by atoms with Crippen molar-refractivity contribution in [2.75, 3.05) is 11.9 Å². The molecule has 8 heteroatoms. The standard InChI is InChI=1S/C19H21N5O2S/c1-3-26-14-10-8-13(9-11-14)20-19(27)23-22-18(25)12-17-21-15-6-4-5-7-16(15)24(17)2/h4-11H,3,12H2,1-2H3,(H,22,25)(H2,20,23,27). The monoisotopic (exact) mass is 383 g/mol. The van der Waals surface area contributed by atoms with Crippen molar-refractivity contribution in [1.29, 1.82) is 0 Å². The van der Waals surface area contributed by atoms with Gasteiger partial charge in [0.1, 0.15) is 11.6 Å². The van der Waals surface area contributed by atoms with E-state index in [4.69, 9.17) is 17.0 Å². The lowest BCUT2D eigenvalue weighted by Gasteiger charge is -2.12. The molecular weight excluding hydrogens is 362 g/mol. The number of imidazole rings is 1. The molecule has 0 atom stereocenters. The van der Waals surface area contributed by atoms with Crippen LogP contribution < -0.4 is 20.9 Å². The minimum Gasteiger partial charge on any atom is -0.494 e. The number of para-hydroxylation sites is 2. The van der Waals surface area contributed by atoms with Gasteiger partial charge in [-0.3, -0.25) is 15.6 Å². The van der Waals surface area contributed by atoms with Gasteiger partial charge in [-0.1, -0.05) is 12.1 Å². The number of nitrogens with zero attached hydrogens (tertiary/aromatic N) is 2. The average Bonchev–Trinajstić information content (AvgIpc) is 2.98. The van der Waals surface area contributed by atoms with E-state index in [-0.39, 0.29) is 17.4 Å². The van der Waals surface area contributed by atoms with E-state index in [0.29, 0.717) is 12.4 Å². The second kappa shape index (κ2) is 8.50. The zero-order valence-electron chi connectivity index (χ0n) is 15.2. The molecule has 0 saturated carbocycles. The molecule has 0 fully saturated rings. The maximum absolute atomic E-state index is 12.2. The third kappa shape index (κ3) is 4.73. The fraction of sp³-hybridized carbons (Fsp3) is 0.211. The van der Waals surface area contributed by atoms with E-state index in [2.05, 4.69) is 21.2 Å². The minimum atomic E-state index is -0.232. The molecule has 3 aromatic rings. The van der Waals surface area contributed by atoms with Crippen LogP contribution in [-0.4, -0.2) is 27.2 Å². The van der Waals surface area contributed by atoms with Crippen LogP contribution in [0, 0.1) is 0 Å². The molecule has 3 N–H and O–H groups in total. The molecule has 0 aliphatic rings. The van der Waals surface area contributed by atoms with Crippen LogP contribution in [0.5, 0.6) is 5.75 Å². The number of nitrogens with one attached hydrogen (secondary N) is 3. The summed E-state index contributed by atoms with van der Waals surface area (Å²) in [6, 6.07) is 15.1. The lowest BCUT2D eigenvalue weighted by Crippen LogP contribution is -2.44. The summed E-state index contributed by atoms with van der Waals surface area (Å²) < 4.78 is 7.30. The smallest absolute Gasteiger partial charge is 0.245 e. The van der Waals surface area contributed by atoms with Crippen molar-refractivity contribution in [3.63, 3.8) is 0 Å². The molecule has 27 heavy (non-hydrogen) atoms. The summed E-state index contributed by atoms with van der Waals surface area (Å²) in [7, 11) is 1.89. The second-order valence-electron chi connectivity index (χ2n) is 5.84. The molecule has 0 bridgehead atoms. The van der Waals surface area contributed by atoms with Crippen LogP contribution in [0.25, 0.3) is 11.0 Å². The second-order valence-corrected chi connectivity index (χ2v) is 6.25. The summed E-state index contributed by atoms with van der Waals surface area (Å²) >= 11 is 5.19. The minimum absolute atomic E-state index is 0.143. The number of rotatable bonds is 5. The van der Waals surface area contributed by atoms with Gasteiger partial charge in [0.25, 0.3) is 0 Å². The molecule has 1 aromatic heterocycles. The molecule has 140 valence electrons. The average molecular weight is 383 g/mol. The Bertz CT molecular complexity index is 952. The van der Waals surface area contributed by atoms with Crippen molar-refractivity contribution in [3.05, 3.63) is 54.4 Å². The number of hydrogen-bond acceptors (Lipinski definition) is 4. The lowest BCUT2D eigenvalue weighted by molar-refractivity contribution is -0.121. The molecule has 0 aliphatic heterocycles. The molecule has 1 heterocycles. The van der Waals surface area contributed by atoms with Gasteiger partial charge >= 0.3 is 0 Å². The zero-order chi connectivity index (χ0) is 19.2. The highest BCUT2D eigenvalue weighted by Crippen LogP contribution is 2.16.